The molecule has 0 radical (unpaired) electrons. The zero-order chi connectivity index (χ0) is 10.6. The second kappa shape index (κ2) is 4.58. The van der Waals surface area contributed by atoms with Crippen LogP contribution in [0.5, 0.6) is 0 Å². The Bertz CT molecular complexity index is 357. The molecular weight excluding hydrogens is 178 g/mol. The van der Waals surface area contributed by atoms with E-state index in [1.165, 1.54) is 0 Å². The van der Waals surface area contributed by atoms with Crippen LogP contribution in [0, 0.1) is 19.3 Å². The smallest absolute Gasteiger partial charge is 0.226 e. The second-order valence-electron chi connectivity index (χ2n) is 3.00. The van der Waals surface area contributed by atoms with Crippen LogP contribution in [-0.4, -0.2) is 28.7 Å². The van der Waals surface area contributed by atoms with Crippen LogP contribution in [-0.2, 0) is 6.61 Å². The van der Waals surface area contributed by atoms with Gasteiger partial charge in [0, 0.05) is 24.5 Å². The first-order valence-corrected chi connectivity index (χ1v) is 4.27. The zero-order valence-electron chi connectivity index (χ0n) is 8.36. The first-order valence-electron chi connectivity index (χ1n) is 4.27. The predicted molar refractivity (Wildman–Crippen MR) is 54.8 cm³/mol. The monoisotopic (exact) mass is 191 g/mol. The van der Waals surface area contributed by atoms with E-state index < -0.39 is 0 Å². The van der Waals surface area contributed by atoms with Gasteiger partial charge >= 0.3 is 0 Å². The van der Waals surface area contributed by atoms with Crippen LogP contribution in [0.15, 0.2) is 6.20 Å². The van der Waals surface area contributed by atoms with E-state index in [1.807, 2.05) is 14.0 Å². The molecule has 4 heteroatoms. The van der Waals surface area contributed by atoms with Crippen LogP contribution in [0.2, 0.25) is 0 Å². The van der Waals surface area contributed by atoms with Gasteiger partial charge in [-0.3, -0.25) is 0 Å². The van der Waals surface area contributed by atoms with Crippen molar-refractivity contribution in [1.29, 1.82) is 0 Å². The van der Waals surface area contributed by atoms with E-state index in [4.69, 9.17) is 11.5 Å². The summed E-state index contributed by atoms with van der Waals surface area (Å²) < 4.78 is 0. The van der Waals surface area contributed by atoms with Crippen LogP contribution in [0.25, 0.3) is 0 Å². The zero-order valence-corrected chi connectivity index (χ0v) is 8.36. The molecule has 0 saturated heterocycles. The Hall–Kier alpha value is -1.60. The molecule has 4 nitrogen and oxygen atoms in total. The summed E-state index contributed by atoms with van der Waals surface area (Å²) in [7, 11) is 1.83. The molecule has 0 unspecified atom stereocenters. The number of anilines is 1. The fourth-order valence-corrected chi connectivity index (χ4v) is 1.03. The number of hydrogen-bond donors (Lipinski definition) is 1. The Labute approximate surface area is 83.6 Å². The minimum absolute atomic E-state index is 0.0367. The van der Waals surface area contributed by atoms with E-state index in [0.717, 1.165) is 11.3 Å². The third kappa shape index (κ3) is 2.21. The van der Waals surface area contributed by atoms with Crippen LogP contribution < -0.4 is 4.90 Å². The molecule has 0 aliphatic rings. The highest BCUT2D eigenvalue weighted by molar-refractivity contribution is 5.33. The van der Waals surface area contributed by atoms with Crippen molar-refractivity contribution in [1.82, 2.24) is 9.97 Å². The number of aliphatic hydroxyl groups excluding tert-OH is 1. The fraction of sp³-hybridized carbons (Fsp3) is 0.400. The molecule has 0 saturated carbocycles. The number of terminal acetylenes is 1. The molecule has 0 aromatic carbocycles. The van der Waals surface area contributed by atoms with Crippen molar-refractivity contribution in [3.05, 3.63) is 17.5 Å². The number of aryl methyl sites for hydroxylation is 1. The van der Waals surface area contributed by atoms with Gasteiger partial charge in [0.05, 0.1) is 13.2 Å². The summed E-state index contributed by atoms with van der Waals surface area (Å²) in [6.45, 7) is 2.27. The van der Waals surface area contributed by atoms with E-state index in [-0.39, 0.29) is 6.61 Å². The highest BCUT2D eigenvalue weighted by Crippen LogP contribution is 2.09. The predicted octanol–water partition coefficient (Wildman–Crippen LogP) is 0.347. The van der Waals surface area contributed by atoms with Gasteiger partial charge in [0.25, 0.3) is 0 Å². The Morgan fingerprint density at radius 3 is 2.86 bits per heavy atom. The third-order valence-electron chi connectivity index (χ3n) is 1.91. The minimum atomic E-state index is -0.0367. The summed E-state index contributed by atoms with van der Waals surface area (Å²) in [4.78, 5) is 10.1. The van der Waals surface area contributed by atoms with Crippen LogP contribution in [0.3, 0.4) is 0 Å². The molecule has 1 aromatic rings. The first-order chi connectivity index (χ1) is 6.69. The lowest BCUT2D eigenvalue weighted by molar-refractivity contribution is 0.280. The summed E-state index contributed by atoms with van der Waals surface area (Å²) in [6, 6.07) is 0. The molecule has 0 bridgehead atoms. The summed E-state index contributed by atoms with van der Waals surface area (Å²) in [5.41, 5.74) is 1.52. The van der Waals surface area contributed by atoms with Crippen LogP contribution in [0.1, 0.15) is 11.3 Å². The molecule has 0 amide bonds. The lowest BCUT2D eigenvalue weighted by Gasteiger charge is -2.14. The standard InChI is InChI=1S/C10H13N3O/c1-4-5-13(3)10-11-6-9(7-14)8(2)12-10/h1,6,14H,5,7H2,2-3H3. The Kier molecular flexibility index (Phi) is 3.43. The lowest BCUT2D eigenvalue weighted by Crippen LogP contribution is -2.20. The number of rotatable bonds is 3. The maximum absolute atomic E-state index is 8.93. The topological polar surface area (TPSA) is 49.2 Å². The molecule has 0 aliphatic heterocycles. The van der Waals surface area contributed by atoms with E-state index in [0.29, 0.717) is 12.5 Å². The van der Waals surface area contributed by atoms with Gasteiger partial charge in [-0.2, -0.15) is 0 Å². The van der Waals surface area contributed by atoms with Gasteiger partial charge in [0.15, 0.2) is 0 Å². The summed E-state index contributed by atoms with van der Waals surface area (Å²) >= 11 is 0. The van der Waals surface area contributed by atoms with E-state index in [1.54, 1.807) is 11.1 Å². The van der Waals surface area contributed by atoms with Gasteiger partial charge in [-0.1, -0.05) is 5.92 Å². The summed E-state index contributed by atoms with van der Waals surface area (Å²) in [5.74, 6) is 3.09. The quantitative estimate of drug-likeness (QED) is 0.700. The van der Waals surface area contributed by atoms with Gasteiger partial charge < -0.3 is 10.0 Å². The molecule has 0 fully saturated rings. The molecule has 1 rings (SSSR count). The lowest BCUT2D eigenvalue weighted by atomic mass is 10.2. The van der Waals surface area contributed by atoms with E-state index in [9.17, 15) is 0 Å². The van der Waals surface area contributed by atoms with Gasteiger partial charge in [-0.05, 0) is 6.92 Å². The summed E-state index contributed by atoms with van der Waals surface area (Å²) in [6.07, 6.45) is 6.79. The average molecular weight is 191 g/mol. The highest BCUT2D eigenvalue weighted by Gasteiger charge is 2.05. The molecule has 0 aliphatic carbocycles. The van der Waals surface area contributed by atoms with Crippen LogP contribution in [0.4, 0.5) is 5.95 Å². The van der Waals surface area contributed by atoms with Crippen molar-refractivity contribution in [3.8, 4) is 12.3 Å². The van der Waals surface area contributed by atoms with Crippen molar-refractivity contribution in [2.75, 3.05) is 18.5 Å². The van der Waals surface area contributed by atoms with Crippen molar-refractivity contribution in [3.63, 3.8) is 0 Å². The van der Waals surface area contributed by atoms with Crippen molar-refractivity contribution in [2.24, 2.45) is 0 Å². The van der Waals surface area contributed by atoms with Crippen molar-refractivity contribution in [2.45, 2.75) is 13.5 Å². The maximum Gasteiger partial charge on any atom is 0.226 e. The highest BCUT2D eigenvalue weighted by atomic mass is 16.3. The van der Waals surface area contributed by atoms with E-state index >= 15 is 0 Å². The maximum atomic E-state index is 8.93. The van der Waals surface area contributed by atoms with Gasteiger partial charge in [0.1, 0.15) is 0 Å². The molecule has 74 valence electrons. The molecule has 1 heterocycles. The van der Waals surface area contributed by atoms with Gasteiger partial charge in [-0.25, -0.2) is 9.97 Å². The Morgan fingerprint density at radius 1 is 1.64 bits per heavy atom. The first kappa shape index (κ1) is 10.5. The molecular formula is C10H13N3O. The summed E-state index contributed by atoms with van der Waals surface area (Å²) in [5, 5.41) is 8.93. The number of aliphatic hydroxyl groups is 1. The van der Waals surface area contributed by atoms with Gasteiger partial charge in [-0.15, -0.1) is 6.42 Å². The molecule has 14 heavy (non-hydrogen) atoms. The number of aromatic nitrogens is 2. The number of nitrogens with zero attached hydrogens (tertiary/aromatic N) is 3. The third-order valence-corrected chi connectivity index (χ3v) is 1.91. The van der Waals surface area contributed by atoms with Crippen LogP contribution >= 0.6 is 0 Å². The van der Waals surface area contributed by atoms with Crippen molar-refractivity contribution < 1.29 is 5.11 Å². The normalized spacial score (nSPS) is 9.57. The largest absolute Gasteiger partial charge is 0.392 e. The van der Waals surface area contributed by atoms with E-state index in [2.05, 4.69) is 15.9 Å². The molecule has 1 N–H and O–H groups in total. The molecule has 0 spiro atoms. The Morgan fingerprint density at radius 2 is 2.36 bits per heavy atom. The SMILES string of the molecule is C#CCN(C)c1ncc(CO)c(C)n1. The van der Waals surface area contributed by atoms with Crippen molar-refractivity contribution >= 4 is 5.95 Å². The molecule has 0 atom stereocenters. The average Bonchev–Trinajstić information content (AvgIpc) is 2.18. The fourth-order valence-electron chi connectivity index (χ4n) is 1.03. The minimum Gasteiger partial charge on any atom is -0.392 e. The second-order valence-corrected chi connectivity index (χ2v) is 3.00. The number of hydrogen-bond acceptors (Lipinski definition) is 4. The van der Waals surface area contributed by atoms with Gasteiger partial charge in [0.2, 0.25) is 5.95 Å². The Balaban J connectivity index is 2.92. The molecule has 1 aromatic heterocycles.